The van der Waals surface area contributed by atoms with Gasteiger partial charge in [-0.15, -0.1) is 0 Å². The van der Waals surface area contributed by atoms with E-state index in [1.807, 2.05) is 38.4 Å². The number of hydrogen-bond donors (Lipinski definition) is 3. The van der Waals surface area contributed by atoms with Crippen LogP contribution in [0.2, 0.25) is 0 Å². The quantitative estimate of drug-likeness (QED) is 0.521. The largest absolute Gasteiger partial charge is 0.379 e. The zero-order chi connectivity index (χ0) is 21.8. The SMILES string of the molecule is CC(C)OCCCNC(=O)CCC1=NNC2C3CC(c4ccc(F)cc4)NN3C=CN12. The molecule has 0 saturated carbocycles. The first-order valence-electron chi connectivity index (χ1n) is 11.0. The van der Waals surface area contributed by atoms with Crippen molar-refractivity contribution in [1.29, 1.82) is 0 Å². The van der Waals surface area contributed by atoms with Crippen LogP contribution in [0, 0.1) is 5.82 Å². The molecule has 0 bridgehead atoms. The van der Waals surface area contributed by atoms with E-state index in [-0.39, 0.29) is 36.1 Å². The molecule has 1 fully saturated rings. The molecule has 3 aliphatic rings. The molecular weight excluding hydrogens is 399 g/mol. The second kappa shape index (κ2) is 9.65. The summed E-state index contributed by atoms with van der Waals surface area (Å²) < 4.78 is 18.7. The Morgan fingerprint density at radius 3 is 2.90 bits per heavy atom. The van der Waals surface area contributed by atoms with Gasteiger partial charge in [-0.1, -0.05) is 12.1 Å². The van der Waals surface area contributed by atoms with Gasteiger partial charge in [-0.25, -0.2) is 9.82 Å². The molecule has 3 aliphatic heterocycles. The Hall–Kier alpha value is -2.65. The van der Waals surface area contributed by atoms with E-state index in [1.54, 1.807) is 0 Å². The lowest BCUT2D eigenvalue weighted by Crippen LogP contribution is -2.54. The normalized spacial score (nSPS) is 24.1. The number of amidine groups is 1. The molecule has 1 amide bonds. The number of hydrogen-bond acceptors (Lipinski definition) is 7. The fourth-order valence-electron chi connectivity index (χ4n) is 4.16. The zero-order valence-electron chi connectivity index (χ0n) is 18.1. The molecule has 1 saturated heterocycles. The molecule has 0 aromatic heterocycles. The van der Waals surface area contributed by atoms with Crippen LogP contribution in [0.3, 0.4) is 0 Å². The third kappa shape index (κ3) is 5.16. The van der Waals surface area contributed by atoms with Gasteiger partial charge in [-0.3, -0.25) is 10.2 Å². The maximum absolute atomic E-state index is 13.2. The lowest BCUT2D eigenvalue weighted by Gasteiger charge is -2.37. The van der Waals surface area contributed by atoms with E-state index in [0.29, 0.717) is 26.0 Å². The summed E-state index contributed by atoms with van der Waals surface area (Å²) in [6.07, 6.45) is 6.86. The van der Waals surface area contributed by atoms with Gasteiger partial charge in [-0.05, 0) is 44.4 Å². The predicted octanol–water partition coefficient (Wildman–Crippen LogP) is 2.19. The molecule has 3 atom stereocenters. The highest BCUT2D eigenvalue weighted by atomic mass is 19.1. The summed E-state index contributed by atoms with van der Waals surface area (Å²) in [4.78, 5) is 14.3. The number of rotatable bonds is 9. The second-order valence-corrected chi connectivity index (χ2v) is 8.37. The number of carbonyl (C=O) groups is 1. The lowest BCUT2D eigenvalue weighted by molar-refractivity contribution is -0.121. The molecule has 4 rings (SSSR count). The Balaban J connectivity index is 1.24. The zero-order valence-corrected chi connectivity index (χ0v) is 18.1. The van der Waals surface area contributed by atoms with Crippen molar-refractivity contribution in [2.45, 2.75) is 63.9 Å². The van der Waals surface area contributed by atoms with Crippen LogP contribution >= 0.6 is 0 Å². The summed E-state index contributed by atoms with van der Waals surface area (Å²) in [5.41, 5.74) is 7.77. The number of carbonyl (C=O) groups excluding carboxylic acids is 1. The first kappa shape index (κ1) is 21.6. The highest BCUT2D eigenvalue weighted by Gasteiger charge is 2.44. The molecule has 9 heteroatoms. The number of benzene rings is 1. The summed E-state index contributed by atoms with van der Waals surface area (Å²) in [6.45, 7) is 5.28. The summed E-state index contributed by atoms with van der Waals surface area (Å²) >= 11 is 0. The Morgan fingerprint density at radius 1 is 1.32 bits per heavy atom. The molecule has 1 aromatic rings. The van der Waals surface area contributed by atoms with Gasteiger partial charge in [0.1, 0.15) is 17.8 Å². The van der Waals surface area contributed by atoms with Gasteiger partial charge >= 0.3 is 0 Å². The number of amides is 1. The minimum atomic E-state index is -0.228. The number of hydrazone groups is 1. The highest BCUT2D eigenvalue weighted by molar-refractivity contribution is 5.89. The standard InChI is InChI=1S/C22H31FN6O2/c1-15(2)31-13-3-10-24-21(30)9-8-20-25-26-22-19-14-18(16-4-6-17(23)7-5-16)27-29(19)12-11-28(20)22/h4-7,11-12,15,18-19,22,26-27H,3,8-10,13-14H2,1-2H3,(H,24,30). The first-order valence-corrected chi connectivity index (χ1v) is 11.0. The van der Waals surface area contributed by atoms with Gasteiger partial charge in [0.25, 0.3) is 0 Å². The van der Waals surface area contributed by atoms with Crippen molar-refractivity contribution >= 4 is 11.7 Å². The van der Waals surface area contributed by atoms with Gasteiger partial charge in [0.2, 0.25) is 5.91 Å². The first-order chi connectivity index (χ1) is 15.0. The van der Waals surface area contributed by atoms with Crippen LogP contribution < -0.4 is 16.2 Å². The molecule has 1 aromatic carbocycles. The van der Waals surface area contributed by atoms with Crippen LogP contribution in [0.1, 0.15) is 51.1 Å². The molecule has 0 spiro atoms. The Bertz CT molecular complexity index is 828. The number of nitrogens with one attached hydrogen (secondary N) is 3. The minimum Gasteiger partial charge on any atom is -0.379 e. The van der Waals surface area contributed by atoms with E-state index < -0.39 is 0 Å². The van der Waals surface area contributed by atoms with Gasteiger partial charge in [-0.2, -0.15) is 5.10 Å². The minimum absolute atomic E-state index is 0.00851. The molecule has 3 heterocycles. The maximum Gasteiger partial charge on any atom is 0.220 e. The number of ether oxygens (including phenoxy) is 1. The maximum atomic E-state index is 13.2. The van der Waals surface area contributed by atoms with Crippen molar-refractivity contribution in [2.75, 3.05) is 13.2 Å². The topological polar surface area (TPSA) is 81.2 Å². The summed E-state index contributed by atoms with van der Waals surface area (Å²) in [7, 11) is 0. The van der Waals surface area contributed by atoms with Crippen molar-refractivity contribution in [3.8, 4) is 0 Å². The summed E-state index contributed by atoms with van der Waals surface area (Å²) in [5, 5.41) is 9.52. The van der Waals surface area contributed by atoms with Crippen molar-refractivity contribution in [1.82, 2.24) is 26.1 Å². The number of hydrazine groups is 1. The molecule has 0 aliphatic carbocycles. The van der Waals surface area contributed by atoms with Crippen LogP contribution in [0.25, 0.3) is 0 Å². The van der Waals surface area contributed by atoms with E-state index in [4.69, 9.17) is 4.74 Å². The molecule has 3 unspecified atom stereocenters. The van der Waals surface area contributed by atoms with Crippen LogP contribution in [0.5, 0.6) is 0 Å². The summed E-state index contributed by atoms with van der Waals surface area (Å²) in [6, 6.07) is 6.93. The number of fused-ring (bicyclic) bond motifs is 3. The van der Waals surface area contributed by atoms with E-state index in [0.717, 1.165) is 24.2 Å². The number of halogens is 1. The Morgan fingerprint density at radius 2 is 2.13 bits per heavy atom. The van der Waals surface area contributed by atoms with Gasteiger partial charge in [0.05, 0.1) is 18.2 Å². The molecular formula is C22H31FN6O2. The third-order valence-corrected chi connectivity index (χ3v) is 5.76. The predicted molar refractivity (Wildman–Crippen MR) is 116 cm³/mol. The van der Waals surface area contributed by atoms with Crippen LogP contribution in [0.4, 0.5) is 4.39 Å². The molecule has 3 N–H and O–H groups in total. The van der Waals surface area contributed by atoms with Crippen molar-refractivity contribution < 1.29 is 13.9 Å². The van der Waals surface area contributed by atoms with E-state index in [2.05, 4.69) is 31.2 Å². The summed E-state index contributed by atoms with van der Waals surface area (Å²) in [5.74, 6) is 0.663. The Kier molecular flexibility index (Phi) is 6.72. The van der Waals surface area contributed by atoms with Gasteiger partial charge in [0.15, 0.2) is 0 Å². The van der Waals surface area contributed by atoms with E-state index in [9.17, 15) is 9.18 Å². The van der Waals surface area contributed by atoms with Crippen LogP contribution in [0.15, 0.2) is 41.8 Å². The van der Waals surface area contributed by atoms with Gasteiger partial charge < -0.3 is 20.0 Å². The van der Waals surface area contributed by atoms with E-state index in [1.165, 1.54) is 12.1 Å². The third-order valence-electron chi connectivity index (χ3n) is 5.76. The molecule has 0 radical (unpaired) electrons. The highest BCUT2D eigenvalue weighted by Crippen LogP contribution is 2.34. The monoisotopic (exact) mass is 430 g/mol. The second-order valence-electron chi connectivity index (χ2n) is 8.37. The molecule has 168 valence electrons. The molecule has 31 heavy (non-hydrogen) atoms. The fraction of sp³-hybridized carbons (Fsp3) is 0.545. The molecule has 8 nitrogen and oxygen atoms in total. The van der Waals surface area contributed by atoms with Gasteiger partial charge in [0, 0.05) is 38.4 Å². The van der Waals surface area contributed by atoms with Crippen molar-refractivity contribution in [3.05, 3.63) is 48.0 Å². The lowest BCUT2D eigenvalue weighted by atomic mass is 9.99. The van der Waals surface area contributed by atoms with Crippen LogP contribution in [-0.4, -0.2) is 53.1 Å². The average Bonchev–Trinajstić information content (AvgIpc) is 3.36. The van der Waals surface area contributed by atoms with Crippen LogP contribution in [-0.2, 0) is 9.53 Å². The fourth-order valence-corrected chi connectivity index (χ4v) is 4.16. The number of nitrogens with zero attached hydrogens (tertiary/aromatic N) is 3. The van der Waals surface area contributed by atoms with Crippen molar-refractivity contribution in [3.63, 3.8) is 0 Å². The van der Waals surface area contributed by atoms with Crippen molar-refractivity contribution in [2.24, 2.45) is 5.10 Å². The smallest absolute Gasteiger partial charge is 0.220 e. The Labute approximate surface area is 182 Å². The van der Waals surface area contributed by atoms with E-state index >= 15 is 0 Å². The average molecular weight is 431 g/mol.